The summed E-state index contributed by atoms with van der Waals surface area (Å²) >= 11 is 0. The van der Waals surface area contributed by atoms with E-state index in [0.717, 1.165) is 24.0 Å². The Morgan fingerprint density at radius 2 is 2.20 bits per heavy atom. The fourth-order valence-corrected chi connectivity index (χ4v) is 3.15. The molecule has 3 atom stereocenters. The third-order valence-electron chi connectivity index (χ3n) is 5.04. The van der Waals surface area contributed by atoms with Crippen LogP contribution in [0.5, 0.6) is 0 Å². The first-order valence-corrected chi connectivity index (χ1v) is 8.60. The van der Waals surface area contributed by atoms with E-state index in [4.69, 9.17) is 14.2 Å². The van der Waals surface area contributed by atoms with Crippen molar-refractivity contribution in [1.29, 1.82) is 0 Å². The van der Waals surface area contributed by atoms with Crippen LogP contribution in [0.2, 0.25) is 0 Å². The molecular formula is C19H24O6. The Morgan fingerprint density at radius 1 is 1.44 bits per heavy atom. The van der Waals surface area contributed by atoms with Gasteiger partial charge in [-0.2, -0.15) is 0 Å². The number of fused-ring (bicyclic) bond motifs is 1. The largest absolute Gasteiger partial charge is 0.459 e. The van der Waals surface area contributed by atoms with Crippen LogP contribution in [0.1, 0.15) is 32.6 Å². The monoisotopic (exact) mass is 348 g/mol. The second-order valence-corrected chi connectivity index (χ2v) is 7.03. The van der Waals surface area contributed by atoms with Gasteiger partial charge in [-0.25, -0.2) is 9.59 Å². The molecule has 0 bridgehead atoms. The van der Waals surface area contributed by atoms with Gasteiger partial charge in [0.05, 0.1) is 13.2 Å². The maximum absolute atomic E-state index is 11.9. The highest BCUT2D eigenvalue weighted by Crippen LogP contribution is 2.35. The van der Waals surface area contributed by atoms with E-state index < -0.39 is 5.60 Å². The molecule has 2 fully saturated rings. The summed E-state index contributed by atoms with van der Waals surface area (Å²) in [5.41, 5.74) is 1.52. The molecule has 6 heteroatoms. The quantitative estimate of drug-likeness (QED) is 0.361. The Bertz CT molecular complexity index is 640. The van der Waals surface area contributed by atoms with Crippen molar-refractivity contribution in [2.75, 3.05) is 19.8 Å². The van der Waals surface area contributed by atoms with Crippen molar-refractivity contribution in [3.05, 3.63) is 35.5 Å². The summed E-state index contributed by atoms with van der Waals surface area (Å²) in [5.74, 6) is -0.832. The molecule has 3 rings (SSSR count). The third-order valence-corrected chi connectivity index (χ3v) is 5.04. The zero-order valence-corrected chi connectivity index (χ0v) is 14.5. The molecule has 1 N–H and O–H groups in total. The molecule has 0 aromatic heterocycles. The molecule has 0 radical (unpaired) electrons. The highest BCUT2D eigenvalue weighted by Gasteiger charge is 2.49. The molecule has 6 nitrogen and oxygen atoms in total. The number of carbonyl (C=O) groups is 2. The van der Waals surface area contributed by atoms with Crippen LogP contribution in [-0.2, 0) is 23.8 Å². The second-order valence-electron chi connectivity index (χ2n) is 7.03. The summed E-state index contributed by atoms with van der Waals surface area (Å²) in [6, 6.07) is 0. The smallest absolute Gasteiger partial charge is 0.340 e. The molecule has 25 heavy (non-hydrogen) atoms. The van der Waals surface area contributed by atoms with Crippen LogP contribution < -0.4 is 0 Å². The van der Waals surface area contributed by atoms with Crippen molar-refractivity contribution < 1.29 is 28.9 Å². The fourth-order valence-electron chi connectivity index (χ4n) is 3.15. The zero-order valence-electron chi connectivity index (χ0n) is 14.5. The Kier molecular flexibility index (Phi) is 5.11. The maximum atomic E-state index is 11.9. The third kappa shape index (κ3) is 4.02. The first kappa shape index (κ1) is 17.9. The van der Waals surface area contributed by atoms with Crippen LogP contribution in [0.15, 0.2) is 35.5 Å². The number of aliphatic hydroxyl groups excluding tert-OH is 1. The van der Waals surface area contributed by atoms with Crippen LogP contribution in [-0.4, -0.2) is 48.6 Å². The van der Waals surface area contributed by atoms with Crippen molar-refractivity contribution in [3.63, 3.8) is 0 Å². The van der Waals surface area contributed by atoms with E-state index in [-0.39, 0.29) is 37.2 Å². The average Bonchev–Trinajstić information content (AvgIpc) is 3.29. The van der Waals surface area contributed by atoms with Gasteiger partial charge in [0.15, 0.2) is 5.60 Å². The number of aliphatic hydroxyl groups is 1. The molecular weight excluding hydrogens is 324 g/mol. The molecule has 0 spiro atoms. The summed E-state index contributed by atoms with van der Waals surface area (Å²) in [6.07, 6.45) is 6.29. The minimum Gasteiger partial charge on any atom is -0.459 e. The lowest BCUT2D eigenvalue weighted by atomic mass is 9.87. The SMILES string of the molecule is C=C1C(=O)O[C@H]2CC(CO)=CCC/C(COC(=O)C3(C)CO3)=C/C[C@H]12. The van der Waals surface area contributed by atoms with Crippen LogP contribution in [0, 0.1) is 5.92 Å². The van der Waals surface area contributed by atoms with Crippen LogP contribution in [0.3, 0.4) is 0 Å². The van der Waals surface area contributed by atoms with Crippen LogP contribution in [0.25, 0.3) is 0 Å². The molecule has 2 aliphatic heterocycles. The van der Waals surface area contributed by atoms with E-state index in [1.54, 1.807) is 6.92 Å². The number of hydrogen-bond acceptors (Lipinski definition) is 6. The van der Waals surface area contributed by atoms with Gasteiger partial charge in [-0.1, -0.05) is 18.7 Å². The van der Waals surface area contributed by atoms with Gasteiger partial charge in [-0.05, 0) is 37.3 Å². The van der Waals surface area contributed by atoms with Crippen molar-refractivity contribution >= 4 is 11.9 Å². The Balaban J connectivity index is 1.71. The van der Waals surface area contributed by atoms with E-state index >= 15 is 0 Å². The number of carbonyl (C=O) groups excluding carboxylic acids is 2. The lowest BCUT2D eigenvalue weighted by Crippen LogP contribution is -2.24. The Morgan fingerprint density at radius 3 is 2.88 bits per heavy atom. The maximum Gasteiger partial charge on any atom is 0.340 e. The van der Waals surface area contributed by atoms with Gasteiger partial charge in [-0.3, -0.25) is 0 Å². The minimum atomic E-state index is -0.786. The molecule has 1 unspecified atom stereocenters. The predicted octanol–water partition coefficient (Wildman–Crippen LogP) is 1.84. The van der Waals surface area contributed by atoms with E-state index in [1.165, 1.54) is 0 Å². The van der Waals surface area contributed by atoms with Gasteiger partial charge < -0.3 is 19.3 Å². The van der Waals surface area contributed by atoms with E-state index in [1.807, 2.05) is 12.2 Å². The summed E-state index contributed by atoms with van der Waals surface area (Å²) in [7, 11) is 0. The van der Waals surface area contributed by atoms with E-state index in [0.29, 0.717) is 25.0 Å². The van der Waals surface area contributed by atoms with Crippen molar-refractivity contribution in [1.82, 2.24) is 0 Å². The van der Waals surface area contributed by atoms with Gasteiger partial charge in [0, 0.05) is 17.9 Å². The summed E-state index contributed by atoms with van der Waals surface area (Å²) in [6.45, 7) is 6.11. The molecule has 0 amide bonds. The standard InChI is InChI=1S/C19H24O6/c1-12-15-7-6-13(10-23-18(22)19(2)11-24-19)4-3-5-14(9-20)8-16(15)25-17(12)21/h5-6,15-16,20H,1,3-4,7-11H2,2H3/b13-6-,14-5?/t15-,16+,19?/m1/s1. The minimum absolute atomic E-state index is 0.0586. The molecule has 2 heterocycles. The first-order chi connectivity index (χ1) is 11.9. The van der Waals surface area contributed by atoms with Gasteiger partial charge >= 0.3 is 11.9 Å². The average molecular weight is 348 g/mol. The van der Waals surface area contributed by atoms with Crippen molar-refractivity contribution in [2.45, 2.75) is 44.3 Å². The fraction of sp³-hybridized carbons (Fsp3) is 0.579. The Labute approximate surface area is 147 Å². The van der Waals surface area contributed by atoms with E-state index in [2.05, 4.69) is 6.58 Å². The zero-order chi connectivity index (χ0) is 18.0. The number of ether oxygens (including phenoxy) is 3. The summed E-state index contributed by atoms with van der Waals surface area (Å²) < 4.78 is 15.9. The van der Waals surface area contributed by atoms with Gasteiger partial charge in [-0.15, -0.1) is 0 Å². The number of epoxide rings is 1. The molecule has 3 aliphatic rings. The predicted molar refractivity (Wildman–Crippen MR) is 89.5 cm³/mol. The highest BCUT2D eigenvalue weighted by molar-refractivity contribution is 5.90. The number of hydrogen-bond donors (Lipinski definition) is 1. The molecule has 1 aliphatic carbocycles. The topological polar surface area (TPSA) is 85.4 Å². The van der Waals surface area contributed by atoms with Crippen LogP contribution >= 0.6 is 0 Å². The molecule has 0 saturated carbocycles. The van der Waals surface area contributed by atoms with Gasteiger partial charge in [0.25, 0.3) is 0 Å². The normalized spacial score (nSPS) is 34.3. The lowest BCUT2D eigenvalue weighted by molar-refractivity contribution is -0.148. The molecule has 0 aromatic rings. The van der Waals surface area contributed by atoms with Gasteiger partial charge in [0.2, 0.25) is 0 Å². The van der Waals surface area contributed by atoms with Crippen LogP contribution in [0.4, 0.5) is 0 Å². The summed E-state index contributed by atoms with van der Waals surface area (Å²) in [4.78, 5) is 23.8. The van der Waals surface area contributed by atoms with Gasteiger partial charge in [0.1, 0.15) is 12.7 Å². The lowest BCUT2D eigenvalue weighted by Gasteiger charge is -2.20. The number of esters is 2. The highest BCUT2D eigenvalue weighted by atomic mass is 16.6. The van der Waals surface area contributed by atoms with Crippen molar-refractivity contribution in [2.24, 2.45) is 5.92 Å². The molecule has 136 valence electrons. The number of rotatable bonds is 4. The molecule has 0 aromatic carbocycles. The molecule has 2 saturated heterocycles. The second kappa shape index (κ2) is 7.14. The summed E-state index contributed by atoms with van der Waals surface area (Å²) in [5, 5.41) is 9.53. The Hall–Kier alpha value is -1.92. The number of allylic oxidation sites excluding steroid dienone is 2. The van der Waals surface area contributed by atoms with E-state index in [9.17, 15) is 14.7 Å². The van der Waals surface area contributed by atoms with Crippen molar-refractivity contribution in [3.8, 4) is 0 Å². The first-order valence-electron chi connectivity index (χ1n) is 8.60.